The topological polar surface area (TPSA) is 91.8 Å². The summed E-state index contributed by atoms with van der Waals surface area (Å²) in [4.78, 5) is 4.49. The lowest BCUT2D eigenvalue weighted by Gasteiger charge is -2.15. The number of para-hydroxylation sites is 1. The smallest absolute Gasteiger partial charge is 0.405 e. The predicted octanol–water partition coefficient (Wildman–Crippen LogP) is 3.37. The third-order valence-corrected chi connectivity index (χ3v) is 5.30. The van der Waals surface area contributed by atoms with E-state index in [1.165, 1.54) is 37.4 Å². The molecule has 3 N–H and O–H groups in total. The van der Waals surface area contributed by atoms with Gasteiger partial charge in [0.05, 0.1) is 11.4 Å². The normalized spacial score (nSPS) is 12.1. The summed E-state index contributed by atoms with van der Waals surface area (Å²) >= 11 is 0. The van der Waals surface area contributed by atoms with Crippen LogP contribution in [0.25, 0.3) is 0 Å². The molecule has 0 saturated carbocycles. The summed E-state index contributed by atoms with van der Waals surface area (Å²) in [7, 11) is -2.24. The molecule has 0 unspecified atom stereocenters. The molecule has 0 fully saturated rings. The van der Waals surface area contributed by atoms with E-state index in [1.807, 2.05) is 6.92 Å². The zero-order valence-electron chi connectivity index (χ0n) is 16.9. The van der Waals surface area contributed by atoms with Gasteiger partial charge in [0.2, 0.25) is 10.0 Å². The van der Waals surface area contributed by atoms with Crippen LogP contribution >= 0.6 is 24.0 Å². The Hall–Kier alpha value is -2.06. The second-order valence-electron chi connectivity index (χ2n) is 6.06. The van der Waals surface area contributed by atoms with Gasteiger partial charge in [-0.15, -0.1) is 37.1 Å². The molecule has 12 heteroatoms. The van der Waals surface area contributed by atoms with Crippen LogP contribution in [0.15, 0.2) is 58.4 Å². The highest BCUT2D eigenvalue weighted by Gasteiger charge is 2.31. The Labute approximate surface area is 196 Å². The number of hydrogen-bond acceptors (Lipinski definition) is 4. The number of ether oxygens (including phenoxy) is 1. The van der Waals surface area contributed by atoms with Crippen molar-refractivity contribution in [1.82, 2.24) is 15.4 Å². The zero-order chi connectivity index (χ0) is 22.2. The molecule has 2 rings (SSSR count). The van der Waals surface area contributed by atoms with Crippen LogP contribution in [-0.4, -0.2) is 34.3 Å². The van der Waals surface area contributed by atoms with Gasteiger partial charge in [0.1, 0.15) is 5.75 Å². The van der Waals surface area contributed by atoms with Gasteiger partial charge in [-0.25, -0.2) is 18.1 Å². The van der Waals surface area contributed by atoms with E-state index in [4.69, 9.17) is 0 Å². The molecule has 0 aliphatic heterocycles. The largest absolute Gasteiger partial charge is 0.573 e. The lowest BCUT2D eigenvalue weighted by Crippen LogP contribution is -2.37. The van der Waals surface area contributed by atoms with Crippen molar-refractivity contribution in [1.29, 1.82) is 0 Å². The number of rotatable bonds is 8. The molecule has 0 radical (unpaired) electrons. The highest BCUT2D eigenvalue weighted by atomic mass is 127. The van der Waals surface area contributed by atoms with Crippen LogP contribution in [0.2, 0.25) is 0 Å². The first-order valence-electron chi connectivity index (χ1n) is 9.03. The van der Waals surface area contributed by atoms with Gasteiger partial charge < -0.3 is 15.4 Å². The summed E-state index contributed by atoms with van der Waals surface area (Å²) in [6.07, 6.45) is -4.78. The Morgan fingerprint density at radius 2 is 1.81 bits per heavy atom. The average Bonchev–Trinajstić information content (AvgIpc) is 2.70. The first-order valence-corrected chi connectivity index (χ1v) is 10.5. The number of hydrogen-bond donors (Lipinski definition) is 3. The number of alkyl halides is 3. The second-order valence-corrected chi connectivity index (χ2v) is 7.95. The third kappa shape index (κ3) is 8.91. The van der Waals surface area contributed by atoms with E-state index in [1.54, 1.807) is 18.2 Å². The van der Waals surface area contributed by atoms with Crippen LogP contribution in [-0.2, 0) is 23.1 Å². The van der Waals surface area contributed by atoms with Crippen molar-refractivity contribution >= 4 is 40.0 Å². The fourth-order valence-electron chi connectivity index (χ4n) is 2.49. The van der Waals surface area contributed by atoms with E-state index >= 15 is 0 Å². The lowest BCUT2D eigenvalue weighted by molar-refractivity contribution is -0.274. The van der Waals surface area contributed by atoms with Gasteiger partial charge in [0.15, 0.2) is 5.96 Å². The number of sulfonamides is 1. The van der Waals surface area contributed by atoms with Crippen LogP contribution in [0, 0.1) is 0 Å². The maximum Gasteiger partial charge on any atom is 0.573 e. The molecular formula is C19H24F3IN4O3S. The predicted molar refractivity (Wildman–Crippen MR) is 123 cm³/mol. The summed E-state index contributed by atoms with van der Waals surface area (Å²) < 4.78 is 67.8. The Morgan fingerprint density at radius 3 is 2.45 bits per heavy atom. The van der Waals surface area contributed by atoms with Gasteiger partial charge in [0.25, 0.3) is 0 Å². The summed E-state index contributed by atoms with van der Waals surface area (Å²) in [6.45, 7) is 2.59. The highest BCUT2D eigenvalue weighted by Crippen LogP contribution is 2.26. The molecule has 0 heterocycles. The fraction of sp³-hybridized carbons (Fsp3) is 0.316. The van der Waals surface area contributed by atoms with E-state index < -0.39 is 16.4 Å². The Bertz CT molecular complexity index is 985. The molecule has 0 spiro atoms. The van der Waals surface area contributed by atoms with Crippen molar-refractivity contribution in [3.05, 3.63) is 59.7 Å². The van der Waals surface area contributed by atoms with Crippen molar-refractivity contribution in [2.75, 3.05) is 13.6 Å². The monoisotopic (exact) mass is 572 g/mol. The van der Waals surface area contributed by atoms with Gasteiger partial charge in [-0.1, -0.05) is 30.3 Å². The molecular weight excluding hydrogens is 548 g/mol. The number of halogens is 4. The zero-order valence-corrected chi connectivity index (χ0v) is 20.0. The van der Waals surface area contributed by atoms with Gasteiger partial charge in [-0.3, -0.25) is 0 Å². The molecule has 31 heavy (non-hydrogen) atoms. The van der Waals surface area contributed by atoms with Gasteiger partial charge >= 0.3 is 6.36 Å². The number of benzene rings is 2. The number of nitrogens with one attached hydrogen (secondary N) is 3. The molecule has 0 aromatic heterocycles. The molecule has 0 amide bonds. The Kier molecular flexibility index (Phi) is 10.5. The molecule has 0 aliphatic carbocycles. The Morgan fingerprint density at radius 1 is 1.10 bits per heavy atom. The van der Waals surface area contributed by atoms with E-state index in [9.17, 15) is 21.6 Å². The Balaban J connectivity index is 0.00000480. The fourth-order valence-corrected chi connectivity index (χ4v) is 3.29. The van der Waals surface area contributed by atoms with Crippen molar-refractivity contribution in [2.24, 2.45) is 4.99 Å². The van der Waals surface area contributed by atoms with Crippen LogP contribution in [0.5, 0.6) is 5.75 Å². The van der Waals surface area contributed by atoms with E-state index in [0.29, 0.717) is 23.6 Å². The SMILES string of the molecule is CCNC(=NCc1cccc(S(=O)(=O)NC)c1)NCc1ccccc1OC(F)(F)F.I. The van der Waals surface area contributed by atoms with Gasteiger partial charge in [-0.05, 0) is 37.7 Å². The molecule has 172 valence electrons. The van der Waals surface area contributed by atoms with Crippen LogP contribution in [0.4, 0.5) is 13.2 Å². The summed E-state index contributed by atoms with van der Waals surface area (Å²) in [5.41, 5.74) is 0.965. The third-order valence-electron chi connectivity index (χ3n) is 3.89. The van der Waals surface area contributed by atoms with Crippen molar-refractivity contribution in [3.63, 3.8) is 0 Å². The van der Waals surface area contributed by atoms with Crippen LogP contribution in [0.3, 0.4) is 0 Å². The van der Waals surface area contributed by atoms with E-state index in [2.05, 4.69) is 25.1 Å². The molecule has 0 bridgehead atoms. The van der Waals surface area contributed by atoms with E-state index in [-0.39, 0.29) is 47.7 Å². The first-order chi connectivity index (χ1) is 14.1. The molecule has 2 aromatic rings. The number of guanidine groups is 1. The summed E-state index contributed by atoms with van der Waals surface area (Å²) in [6, 6.07) is 12.1. The van der Waals surface area contributed by atoms with Crippen molar-refractivity contribution in [3.8, 4) is 5.75 Å². The van der Waals surface area contributed by atoms with Crippen LogP contribution < -0.4 is 20.1 Å². The number of aliphatic imine (C=N–C) groups is 1. The van der Waals surface area contributed by atoms with E-state index in [0.717, 1.165) is 0 Å². The minimum Gasteiger partial charge on any atom is -0.405 e. The van der Waals surface area contributed by atoms with Crippen molar-refractivity contribution in [2.45, 2.75) is 31.3 Å². The molecule has 7 nitrogen and oxygen atoms in total. The minimum absolute atomic E-state index is 0. The highest BCUT2D eigenvalue weighted by molar-refractivity contribution is 14.0. The standard InChI is InChI=1S/C19H23F3N4O3S.HI/c1-3-24-18(25-12-14-7-6-9-16(11-14)30(27,28)23-2)26-13-15-8-4-5-10-17(15)29-19(20,21)22;/h4-11,23H,3,12-13H2,1-2H3,(H2,24,25,26);1H. The van der Waals surface area contributed by atoms with Crippen molar-refractivity contribution < 1.29 is 26.3 Å². The van der Waals surface area contributed by atoms with Crippen LogP contribution in [0.1, 0.15) is 18.1 Å². The lowest BCUT2D eigenvalue weighted by atomic mass is 10.2. The molecule has 0 saturated heterocycles. The summed E-state index contributed by atoms with van der Waals surface area (Å²) in [5.74, 6) is 0.0690. The van der Waals surface area contributed by atoms with Gasteiger partial charge in [-0.2, -0.15) is 0 Å². The summed E-state index contributed by atoms with van der Waals surface area (Å²) in [5, 5.41) is 5.94. The molecule has 0 atom stereocenters. The average molecular weight is 572 g/mol. The number of nitrogens with zero attached hydrogens (tertiary/aromatic N) is 1. The second kappa shape index (κ2) is 12.1. The minimum atomic E-state index is -4.78. The maximum absolute atomic E-state index is 12.6. The first kappa shape index (κ1) is 27.0. The quantitative estimate of drug-likeness (QED) is 0.257. The maximum atomic E-state index is 12.6. The molecule has 0 aliphatic rings. The molecule has 2 aromatic carbocycles. The van der Waals surface area contributed by atoms with Gasteiger partial charge in [0, 0.05) is 18.7 Å².